The van der Waals surface area contributed by atoms with Crippen LogP contribution < -0.4 is 0 Å². The Kier molecular flexibility index (Phi) is 4.53. The topological polar surface area (TPSA) is 40.5 Å². The predicted molar refractivity (Wildman–Crippen MR) is 98.1 cm³/mol. The fourth-order valence-corrected chi connectivity index (χ4v) is 4.61. The summed E-state index contributed by atoms with van der Waals surface area (Å²) in [5.74, 6) is 0.651. The fraction of sp³-hybridized carbons (Fsp3) is 0.409. The smallest absolute Gasteiger partial charge is 0.253 e. The summed E-state index contributed by atoms with van der Waals surface area (Å²) in [4.78, 5) is 14.7. The van der Waals surface area contributed by atoms with Gasteiger partial charge in [-0.25, -0.2) is 4.39 Å². The SMILES string of the molecule is O=C(c1ccccc1)N1CC[C@@H]2CC(O)(c3ccc(F)cc3)CC[C@H]2C1. The number of carbonyl (C=O) groups is 1. The maximum atomic E-state index is 13.2. The summed E-state index contributed by atoms with van der Waals surface area (Å²) in [7, 11) is 0. The number of piperidine rings is 1. The second-order valence-corrected chi connectivity index (χ2v) is 7.71. The molecule has 1 unspecified atom stereocenters. The Morgan fingerprint density at radius 2 is 1.77 bits per heavy atom. The molecule has 1 aliphatic heterocycles. The fourth-order valence-electron chi connectivity index (χ4n) is 4.61. The van der Waals surface area contributed by atoms with Crippen LogP contribution in [-0.4, -0.2) is 29.0 Å². The van der Waals surface area contributed by atoms with Crippen molar-refractivity contribution in [3.8, 4) is 0 Å². The van der Waals surface area contributed by atoms with Gasteiger partial charge in [-0.1, -0.05) is 30.3 Å². The van der Waals surface area contributed by atoms with Gasteiger partial charge in [0.1, 0.15) is 5.82 Å². The summed E-state index contributed by atoms with van der Waals surface area (Å²) in [5.41, 5.74) is 0.672. The predicted octanol–water partition coefficient (Wildman–Crippen LogP) is 3.98. The molecule has 2 fully saturated rings. The van der Waals surface area contributed by atoms with Crippen LogP contribution in [0.1, 0.15) is 41.6 Å². The van der Waals surface area contributed by atoms with Crippen molar-refractivity contribution in [2.45, 2.75) is 31.3 Å². The second-order valence-electron chi connectivity index (χ2n) is 7.71. The summed E-state index contributed by atoms with van der Waals surface area (Å²) >= 11 is 0. The number of benzene rings is 2. The highest BCUT2D eigenvalue weighted by Crippen LogP contribution is 2.46. The summed E-state index contributed by atoms with van der Waals surface area (Å²) in [5, 5.41) is 11.1. The molecule has 3 atom stereocenters. The molecule has 2 aliphatic rings. The molecule has 0 aromatic heterocycles. The first-order valence-corrected chi connectivity index (χ1v) is 9.38. The molecule has 1 N–H and O–H groups in total. The molecule has 2 aromatic carbocycles. The van der Waals surface area contributed by atoms with Crippen molar-refractivity contribution in [3.63, 3.8) is 0 Å². The highest BCUT2D eigenvalue weighted by Gasteiger charge is 2.43. The van der Waals surface area contributed by atoms with Crippen molar-refractivity contribution in [2.75, 3.05) is 13.1 Å². The maximum absolute atomic E-state index is 13.2. The van der Waals surface area contributed by atoms with Gasteiger partial charge in [0.15, 0.2) is 0 Å². The average molecular weight is 353 g/mol. The lowest BCUT2D eigenvalue weighted by Crippen LogP contribution is -2.48. The normalized spacial score (nSPS) is 28.5. The molecule has 4 heteroatoms. The Hall–Kier alpha value is -2.20. The van der Waals surface area contributed by atoms with E-state index in [4.69, 9.17) is 0 Å². The maximum Gasteiger partial charge on any atom is 0.253 e. The highest BCUT2D eigenvalue weighted by atomic mass is 19.1. The molecule has 0 spiro atoms. The Morgan fingerprint density at radius 3 is 2.50 bits per heavy atom. The molecule has 3 nitrogen and oxygen atoms in total. The van der Waals surface area contributed by atoms with E-state index in [1.54, 1.807) is 12.1 Å². The molecule has 1 saturated heterocycles. The standard InChI is InChI=1S/C22H24FNO2/c23-20-8-6-19(7-9-20)22(26)12-10-18-15-24(13-11-17(18)14-22)21(25)16-4-2-1-3-5-16/h1-9,17-18,26H,10-15H2/t17-,18+,22?/m1/s1. The van der Waals surface area contributed by atoms with E-state index in [0.717, 1.165) is 37.1 Å². The van der Waals surface area contributed by atoms with Crippen molar-refractivity contribution < 1.29 is 14.3 Å². The van der Waals surface area contributed by atoms with E-state index >= 15 is 0 Å². The Labute approximate surface area is 153 Å². The molecule has 1 heterocycles. The largest absolute Gasteiger partial charge is 0.385 e. The Balaban J connectivity index is 1.44. The van der Waals surface area contributed by atoms with Crippen molar-refractivity contribution in [1.29, 1.82) is 0 Å². The zero-order valence-corrected chi connectivity index (χ0v) is 14.8. The first-order valence-electron chi connectivity index (χ1n) is 9.38. The number of halogens is 1. The van der Waals surface area contributed by atoms with Crippen LogP contribution in [-0.2, 0) is 5.60 Å². The summed E-state index contributed by atoms with van der Waals surface area (Å²) in [6.45, 7) is 1.49. The van der Waals surface area contributed by atoms with E-state index in [0.29, 0.717) is 24.7 Å². The molecule has 1 aliphatic carbocycles. The number of rotatable bonds is 2. The molecule has 2 aromatic rings. The van der Waals surface area contributed by atoms with Gasteiger partial charge in [-0.15, -0.1) is 0 Å². The van der Waals surface area contributed by atoms with Crippen molar-refractivity contribution in [2.24, 2.45) is 11.8 Å². The van der Waals surface area contributed by atoms with Crippen LogP contribution in [0.5, 0.6) is 0 Å². The molecule has 1 saturated carbocycles. The van der Waals surface area contributed by atoms with Gasteiger partial charge in [-0.3, -0.25) is 4.79 Å². The molecule has 26 heavy (non-hydrogen) atoms. The van der Waals surface area contributed by atoms with E-state index in [1.165, 1.54) is 12.1 Å². The van der Waals surface area contributed by atoms with Gasteiger partial charge in [-0.2, -0.15) is 0 Å². The number of hydrogen-bond acceptors (Lipinski definition) is 2. The van der Waals surface area contributed by atoms with E-state index < -0.39 is 5.60 Å². The summed E-state index contributed by atoms with van der Waals surface area (Å²) in [6, 6.07) is 15.7. The monoisotopic (exact) mass is 353 g/mol. The lowest BCUT2D eigenvalue weighted by Gasteiger charge is -2.47. The van der Waals surface area contributed by atoms with Gasteiger partial charge in [0.05, 0.1) is 5.60 Å². The first-order chi connectivity index (χ1) is 12.5. The quantitative estimate of drug-likeness (QED) is 0.887. The average Bonchev–Trinajstić information content (AvgIpc) is 2.68. The number of nitrogens with zero attached hydrogens (tertiary/aromatic N) is 1. The third-order valence-corrected chi connectivity index (χ3v) is 6.11. The van der Waals surface area contributed by atoms with E-state index in [1.807, 2.05) is 35.2 Å². The lowest BCUT2D eigenvalue weighted by atomic mass is 9.66. The molecule has 4 rings (SSSR count). The first kappa shape index (κ1) is 17.2. The van der Waals surface area contributed by atoms with Gasteiger partial charge < -0.3 is 10.0 Å². The summed E-state index contributed by atoms with van der Waals surface area (Å²) < 4.78 is 13.2. The van der Waals surface area contributed by atoms with Crippen LogP contribution >= 0.6 is 0 Å². The minimum absolute atomic E-state index is 0.100. The number of carbonyl (C=O) groups excluding carboxylic acids is 1. The number of likely N-dealkylation sites (tertiary alicyclic amines) is 1. The van der Waals surface area contributed by atoms with Crippen LogP contribution in [0.4, 0.5) is 4.39 Å². The van der Waals surface area contributed by atoms with E-state index in [9.17, 15) is 14.3 Å². The highest BCUT2D eigenvalue weighted by molar-refractivity contribution is 5.94. The van der Waals surface area contributed by atoms with Crippen molar-refractivity contribution >= 4 is 5.91 Å². The molecular formula is C22H24FNO2. The van der Waals surface area contributed by atoms with Crippen LogP contribution in [0.15, 0.2) is 54.6 Å². The molecule has 136 valence electrons. The minimum Gasteiger partial charge on any atom is -0.385 e. The van der Waals surface area contributed by atoms with Crippen LogP contribution in [0.2, 0.25) is 0 Å². The van der Waals surface area contributed by atoms with E-state index in [-0.39, 0.29) is 11.7 Å². The number of fused-ring (bicyclic) bond motifs is 1. The molecule has 0 bridgehead atoms. The van der Waals surface area contributed by atoms with Crippen LogP contribution in [0.3, 0.4) is 0 Å². The minimum atomic E-state index is -0.875. The molecule has 1 amide bonds. The molecule has 0 radical (unpaired) electrons. The number of hydrogen-bond donors (Lipinski definition) is 1. The Morgan fingerprint density at radius 1 is 1.04 bits per heavy atom. The third-order valence-electron chi connectivity index (χ3n) is 6.11. The summed E-state index contributed by atoms with van der Waals surface area (Å²) in [6.07, 6.45) is 3.15. The van der Waals surface area contributed by atoms with Crippen molar-refractivity contribution in [3.05, 3.63) is 71.5 Å². The van der Waals surface area contributed by atoms with Crippen LogP contribution in [0.25, 0.3) is 0 Å². The zero-order chi connectivity index (χ0) is 18.1. The van der Waals surface area contributed by atoms with Gasteiger partial charge >= 0.3 is 0 Å². The van der Waals surface area contributed by atoms with Crippen molar-refractivity contribution in [1.82, 2.24) is 4.90 Å². The number of amides is 1. The second kappa shape index (κ2) is 6.84. The lowest BCUT2D eigenvalue weighted by molar-refractivity contribution is -0.0575. The van der Waals surface area contributed by atoms with E-state index in [2.05, 4.69) is 0 Å². The number of aliphatic hydroxyl groups is 1. The molecular weight excluding hydrogens is 329 g/mol. The van der Waals surface area contributed by atoms with Gasteiger partial charge in [0.25, 0.3) is 5.91 Å². The van der Waals surface area contributed by atoms with Gasteiger partial charge in [0, 0.05) is 18.7 Å². The zero-order valence-electron chi connectivity index (χ0n) is 14.8. The van der Waals surface area contributed by atoms with Gasteiger partial charge in [0.2, 0.25) is 0 Å². The van der Waals surface area contributed by atoms with Crippen LogP contribution in [0, 0.1) is 17.7 Å². The Bertz CT molecular complexity index is 776. The third kappa shape index (κ3) is 3.26. The van der Waals surface area contributed by atoms with Gasteiger partial charge in [-0.05, 0) is 67.3 Å².